The van der Waals surface area contributed by atoms with Crippen LogP contribution in [0.15, 0.2) is 47.8 Å². The predicted molar refractivity (Wildman–Crippen MR) is 111 cm³/mol. The molecule has 7 heteroatoms. The lowest BCUT2D eigenvalue weighted by Gasteiger charge is -2.13. The number of aromatic nitrogens is 4. The largest absolute Gasteiger partial charge is 0.466 e. The molecular weight excluding hydrogens is 372 g/mol. The van der Waals surface area contributed by atoms with Crippen LogP contribution in [-0.2, 0) is 9.53 Å². The first-order valence-electron chi connectivity index (χ1n) is 9.33. The third kappa shape index (κ3) is 4.78. The van der Waals surface area contributed by atoms with E-state index < -0.39 is 0 Å². The van der Waals surface area contributed by atoms with Gasteiger partial charge in [-0.15, -0.1) is 10.2 Å². The molecule has 3 aromatic rings. The lowest BCUT2D eigenvalue weighted by molar-refractivity contribution is -0.143. The van der Waals surface area contributed by atoms with E-state index in [1.165, 1.54) is 5.56 Å². The monoisotopic (exact) mass is 396 g/mol. The van der Waals surface area contributed by atoms with Crippen molar-refractivity contribution >= 4 is 17.7 Å². The van der Waals surface area contributed by atoms with Crippen LogP contribution in [0.3, 0.4) is 0 Å². The van der Waals surface area contributed by atoms with Gasteiger partial charge in [-0.3, -0.25) is 14.3 Å². The molecule has 0 atom stereocenters. The second kappa shape index (κ2) is 9.50. The van der Waals surface area contributed by atoms with Crippen molar-refractivity contribution in [2.75, 3.05) is 12.4 Å². The number of ether oxygens (including phenoxy) is 1. The van der Waals surface area contributed by atoms with Gasteiger partial charge in [-0.25, -0.2) is 0 Å². The minimum absolute atomic E-state index is 0.159. The molecule has 0 aliphatic carbocycles. The molecule has 0 bridgehead atoms. The number of aryl methyl sites for hydroxylation is 2. The molecule has 0 N–H and O–H groups in total. The van der Waals surface area contributed by atoms with Crippen LogP contribution in [0.1, 0.15) is 30.9 Å². The van der Waals surface area contributed by atoms with Gasteiger partial charge in [-0.2, -0.15) is 0 Å². The molecule has 0 aliphatic heterocycles. The molecule has 0 aliphatic rings. The van der Waals surface area contributed by atoms with Crippen molar-refractivity contribution < 1.29 is 9.53 Å². The molecule has 0 saturated heterocycles. The fourth-order valence-electron chi connectivity index (χ4n) is 2.91. The summed E-state index contributed by atoms with van der Waals surface area (Å²) in [6.07, 6.45) is 2.89. The highest BCUT2D eigenvalue weighted by atomic mass is 32.2. The molecule has 0 fully saturated rings. The van der Waals surface area contributed by atoms with Crippen LogP contribution < -0.4 is 0 Å². The number of esters is 1. The SMILES string of the molecule is CCOC(=O)CCCSc1nnc(-c2ccccn2)n1-c1ccc(C)cc1C. The highest BCUT2D eigenvalue weighted by molar-refractivity contribution is 7.99. The minimum Gasteiger partial charge on any atom is -0.466 e. The zero-order valence-electron chi connectivity index (χ0n) is 16.4. The smallest absolute Gasteiger partial charge is 0.305 e. The number of hydrogen-bond donors (Lipinski definition) is 0. The Morgan fingerprint density at radius 3 is 2.75 bits per heavy atom. The minimum atomic E-state index is -0.159. The van der Waals surface area contributed by atoms with Crippen molar-refractivity contribution in [3.63, 3.8) is 0 Å². The molecule has 6 nitrogen and oxygen atoms in total. The fraction of sp³-hybridized carbons (Fsp3) is 0.333. The molecule has 0 saturated carbocycles. The van der Waals surface area contributed by atoms with Gasteiger partial charge in [0.05, 0.1) is 12.3 Å². The Hall–Kier alpha value is -2.67. The van der Waals surface area contributed by atoms with E-state index in [4.69, 9.17) is 4.74 Å². The van der Waals surface area contributed by atoms with Crippen molar-refractivity contribution in [1.82, 2.24) is 19.7 Å². The van der Waals surface area contributed by atoms with Crippen molar-refractivity contribution in [1.29, 1.82) is 0 Å². The van der Waals surface area contributed by atoms with Crippen molar-refractivity contribution in [3.8, 4) is 17.2 Å². The van der Waals surface area contributed by atoms with Crippen LogP contribution in [0.4, 0.5) is 0 Å². The Morgan fingerprint density at radius 2 is 2.04 bits per heavy atom. The molecule has 0 spiro atoms. The lowest BCUT2D eigenvalue weighted by Crippen LogP contribution is -2.05. The number of pyridine rings is 1. The summed E-state index contributed by atoms with van der Waals surface area (Å²) < 4.78 is 7.03. The summed E-state index contributed by atoms with van der Waals surface area (Å²) in [6, 6.07) is 12.1. The number of hydrogen-bond acceptors (Lipinski definition) is 6. The number of carbonyl (C=O) groups is 1. The van der Waals surface area contributed by atoms with Gasteiger partial charge in [-0.1, -0.05) is 35.5 Å². The topological polar surface area (TPSA) is 69.9 Å². The van der Waals surface area contributed by atoms with E-state index in [2.05, 4.69) is 47.2 Å². The van der Waals surface area contributed by atoms with E-state index in [9.17, 15) is 4.79 Å². The fourth-order valence-corrected chi connectivity index (χ4v) is 3.79. The van der Waals surface area contributed by atoms with Crippen LogP contribution in [0.25, 0.3) is 17.2 Å². The zero-order chi connectivity index (χ0) is 19.9. The van der Waals surface area contributed by atoms with E-state index in [1.54, 1.807) is 18.0 Å². The highest BCUT2D eigenvalue weighted by Gasteiger charge is 2.18. The van der Waals surface area contributed by atoms with E-state index in [0.717, 1.165) is 34.3 Å². The Morgan fingerprint density at radius 1 is 1.18 bits per heavy atom. The molecule has 0 radical (unpaired) electrons. The Balaban J connectivity index is 1.88. The van der Waals surface area contributed by atoms with Gasteiger partial charge in [-0.05, 0) is 51.0 Å². The standard InChI is InChI=1S/C21H24N4O2S/c1-4-27-19(26)9-7-13-28-21-24-23-20(17-8-5-6-12-22-17)25(21)18-11-10-15(2)14-16(18)3/h5-6,8,10-12,14H,4,7,9,13H2,1-3H3. The molecule has 0 amide bonds. The summed E-state index contributed by atoms with van der Waals surface area (Å²) >= 11 is 1.58. The van der Waals surface area contributed by atoms with Crippen molar-refractivity contribution in [2.24, 2.45) is 0 Å². The van der Waals surface area contributed by atoms with Crippen molar-refractivity contribution in [2.45, 2.75) is 38.8 Å². The van der Waals surface area contributed by atoms with Gasteiger partial charge < -0.3 is 4.74 Å². The summed E-state index contributed by atoms with van der Waals surface area (Å²) in [6.45, 7) is 6.39. The van der Waals surface area contributed by atoms with E-state index in [-0.39, 0.29) is 5.97 Å². The predicted octanol–water partition coefficient (Wildman–Crippen LogP) is 4.38. The molecule has 2 aromatic heterocycles. The summed E-state index contributed by atoms with van der Waals surface area (Å²) in [5.41, 5.74) is 4.15. The molecule has 3 rings (SSSR count). The van der Waals surface area contributed by atoms with Gasteiger partial charge in [0.2, 0.25) is 0 Å². The first-order chi connectivity index (χ1) is 13.6. The number of benzene rings is 1. The van der Waals surface area contributed by atoms with E-state index >= 15 is 0 Å². The summed E-state index contributed by atoms with van der Waals surface area (Å²) in [5.74, 6) is 1.30. The molecule has 0 unspecified atom stereocenters. The lowest BCUT2D eigenvalue weighted by atomic mass is 10.1. The quantitative estimate of drug-likeness (QED) is 0.320. The molecule has 1 aromatic carbocycles. The van der Waals surface area contributed by atoms with Gasteiger partial charge in [0.1, 0.15) is 5.69 Å². The number of thioether (sulfide) groups is 1. The maximum absolute atomic E-state index is 11.5. The zero-order valence-corrected chi connectivity index (χ0v) is 17.2. The molecule has 2 heterocycles. The summed E-state index contributed by atoms with van der Waals surface area (Å²) in [5, 5.41) is 9.60. The molecule has 28 heavy (non-hydrogen) atoms. The average molecular weight is 397 g/mol. The number of carbonyl (C=O) groups excluding carboxylic acids is 1. The number of rotatable bonds is 8. The van der Waals surface area contributed by atoms with Crippen molar-refractivity contribution in [3.05, 3.63) is 53.7 Å². The average Bonchev–Trinajstić information content (AvgIpc) is 3.10. The first kappa shape index (κ1) is 20.1. The Kier molecular flexibility index (Phi) is 6.81. The van der Waals surface area contributed by atoms with Crippen LogP contribution in [0, 0.1) is 13.8 Å². The second-order valence-electron chi connectivity index (χ2n) is 6.40. The van der Waals surface area contributed by atoms with E-state index in [1.807, 2.05) is 29.7 Å². The van der Waals surface area contributed by atoms with Gasteiger partial charge >= 0.3 is 5.97 Å². The summed E-state index contributed by atoms with van der Waals surface area (Å²) in [4.78, 5) is 16.0. The second-order valence-corrected chi connectivity index (χ2v) is 7.47. The summed E-state index contributed by atoms with van der Waals surface area (Å²) in [7, 11) is 0. The van der Waals surface area contributed by atoms with Crippen LogP contribution >= 0.6 is 11.8 Å². The third-order valence-corrected chi connectivity index (χ3v) is 5.20. The Bertz CT molecular complexity index is 941. The molecule has 146 valence electrons. The van der Waals surface area contributed by atoms with Gasteiger partial charge in [0.15, 0.2) is 11.0 Å². The maximum atomic E-state index is 11.5. The maximum Gasteiger partial charge on any atom is 0.305 e. The van der Waals surface area contributed by atoms with Crippen LogP contribution in [0.5, 0.6) is 0 Å². The highest BCUT2D eigenvalue weighted by Crippen LogP contribution is 2.29. The first-order valence-corrected chi connectivity index (χ1v) is 10.3. The Labute approximate surface area is 169 Å². The third-order valence-electron chi connectivity index (χ3n) is 4.18. The molecular formula is C21H24N4O2S. The van der Waals surface area contributed by atoms with Gasteiger partial charge in [0.25, 0.3) is 0 Å². The number of nitrogens with zero attached hydrogens (tertiary/aromatic N) is 4. The normalized spacial score (nSPS) is 10.8. The van der Waals surface area contributed by atoms with Crippen LogP contribution in [0.2, 0.25) is 0 Å². The van der Waals surface area contributed by atoms with Gasteiger partial charge in [0, 0.05) is 18.4 Å². The van der Waals surface area contributed by atoms with E-state index in [0.29, 0.717) is 18.9 Å². The van der Waals surface area contributed by atoms with Crippen LogP contribution in [-0.4, -0.2) is 38.1 Å².